The number of carbonyl (C=O) groups excluding carboxylic acids is 2. The van der Waals surface area contributed by atoms with Gasteiger partial charge in [0.2, 0.25) is 0 Å². The van der Waals surface area contributed by atoms with Crippen LogP contribution >= 0.6 is 0 Å². The largest absolute Gasteiger partial charge is 0.347 e. The average Bonchev–Trinajstić information content (AvgIpc) is 2.65. The molecule has 26 heavy (non-hydrogen) atoms. The SMILES string of the molecule is CCCN(CCC)C(=O)c1ccnc(C(=O)NCc2cccc(C)c2)c1. The Morgan fingerprint density at radius 1 is 1.08 bits per heavy atom. The van der Waals surface area contributed by atoms with Gasteiger partial charge in [0.05, 0.1) is 0 Å². The molecule has 0 saturated carbocycles. The zero-order chi connectivity index (χ0) is 18.9. The van der Waals surface area contributed by atoms with Gasteiger partial charge in [-0.15, -0.1) is 0 Å². The Kier molecular flexibility index (Phi) is 7.33. The molecule has 0 aliphatic heterocycles. The van der Waals surface area contributed by atoms with Gasteiger partial charge in [0.1, 0.15) is 5.69 Å². The summed E-state index contributed by atoms with van der Waals surface area (Å²) in [5.74, 6) is -0.331. The molecule has 1 aromatic carbocycles. The van der Waals surface area contributed by atoms with E-state index < -0.39 is 0 Å². The normalized spacial score (nSPS) is 10.4. The number of amides is 2. The van der Waals surface area contributed by atoms with Crippen LogP contribution < -0.4 is 5.32 Å². The van der Waals surface area contributed by atoms with Crippen LogP contribution in [0.2, 0.25) is 0 Å². The van der Waals surface area contributed by atoms with E-state index in [0.717, 1.165) is 24.0 Å². The minimum Gasteiger partial charge on any atom is -0.347 e. The van der Waals surface area contributed by atoms with Gasteiger partial charge >= 0.3 is 0 Å². The molecule has 5 heteroatoms. The lowest BCUT2D eigenvalue weighted by atomic mass is 10.1. The standard InChI is InChI=1S/C21H27N3O2/c1-4-11-24(12-5-2)21(26)18-9-10-22-19(14-18)20(25)23-15-17-8-6-7-16(3)13-17/h6-10,13-14H,4-5,11-12,15H2,1-3H3,(H,23,25). The molecule has 1 heterocycles. The molecule has 0 bridgehead atoms. The molecule has 0 spiro atoms. The van der Waals surface area contributed by atoms with Crippen molar-refractivity contribution in [2.75, 3.05) is 13.1 Å². The van der Waals surface area contributed by atoms with Crippen molar-refractivity contribution in [2.24, 2.45) is 0 Å². The summed E-state index contributed by atoms with van der Waals surface area (Å²) in [5, 5.41) is 2.86. The lowest BCUT2D eigenvalue weighted by Gasteiger charge is -2.21. The highest BCUT2D eigenvalue weighted by atomic mass is 16.2. The summed E-state index contributed by atoms with van der Waals surface area (Å²) in [6.07, 6.45) is 3.33. The second-order valence-electron chi connectivity index (χ2n) is 6.39. The van der Waals surface area contributed by atoms with Gasteiger partial charge in [-0.25, -0.2) is 0 Å². The van der Waals surface area contributed by atoms with Gasteiger partial charge in [0.25, 0.3) is 11.8 Å². The van der Waals surface area contributed by atoms with Crippen molar-refractivity contribution in [1.82, 2.24) is 15.2 Å². The molecule has 0 atom stereocenters. The summed E-state index contributed by atoms with van der Waals surface area (Å²) in [4.78, 5) is 31.0. The first-order valence-corrected chi connectivity index (χ1v) is 9.14. The van der Waals surface area contributed by atoms with Crippen LogP contribution in [0.3, 0.4) is 0 Å². The van der Waals surface area contributed by atoms with Crippen LogP contribution in [0.5, 0.6) is 0 Å². The monoisotopic (exact) mass is 353 g/mol. The zero-order valence-corrected chi connectivity index (χ0v) is 15.8. The van der Waals surface area contributed by atoms with E-state index in [-0.39, 0.29) is 17.5 Å². The fraction of sp³-hybridized carbons (Fsp3) is 0.381. The Balaban J connectivity index is 2.07. The van der Waals surface area contributed by atoms with Gasteiger partial charge in [-0.3, -0.25) is 14.6 Å². The Morgan fingerprint density at radius 2 is 1.81 bits per heavy atom. The number of aryl methyl sites for hydroxylation is 1. The molecule has 2 amide bonds. The van der Waals surface area contributed by atoms with Crippen molar-refractivity contribution in [2.45, 2.75) is 40.2 Å². The fourth-order valence-corrected chi connectivity index (χ4v) is 2.82. The number of nitrogens with one attached hydrogen (secondary N) is 1. The van der Waals surface area contributed by atoms with Crippen LogP contribution in [-0.2, 0) is 6.54 Å². The predicted molar refractivity (Wildman–Crippen MR) is 103 cm³/mol. The number of nitrogens with zero attached hydrogens (tertiary/aromatic N) is 2. The summed E-state index contributed by atoms with van der Waals surface area (Å²) >= 11 is 0. The topological polar surface area (TPSA) is 62.3 Å². The van der Waals surface area contributed by atoms with Gasteiger partial charge in [-0.05, 0) is 37.5 Å². The van der Waals surface area contributed by atoms with Crippen LogP contribution in [-0.4, -0.2) is 34.8 Å². The zero-order valence-electron chi connectivity index (χ0n) is 15.8. The molecular weight excluding hydrogens is 326 g/mol. The van der Waals surface area contributed by atoms with Gasteiger partial charge in [-0.2, -0.15) is 0 Å². The number of hydrogen-bond acceptors (Lipinski definition) is 3. The predicted octanol–water partition coefficient (Wildman–Crippen LogP) is 3.58. The third-order valence-electron chi connectivity index (χ3n) is 4.05. The second kappa shape index (κ2) is 9.70. The summed E-state index contributed by atoms with van der Waals surface area (Å²) in [6, 6.07) is 11.2. The second-order valence-corrected chi connectivity index (χ2v) is 6.39. The van der Waals surface area contributed by atoms with Gasteiger partial charge < -0.3 is 10.2 Å². The van der Waals surface area contributed by atoms with Crippen LogP contribution in [0, 0.1) is 6.92 Å². The number of aromatic nitrogens is 1. The van der Waals surface area contributed by atoms with E-state index in [1.165, 1.54) is 6.20 Å². The van der Waals surface area contributed by atoms with Crippen molar-refractivity contribution in [3.8, 4) is 0 Å². The maximum Gasteiger partial charge on any atom is 0.270 e. The van der Waals surface area contributed by atoms with Crippen molar-refractivity contribution in [1.29, 1.82) is 0 Å². The first-order valence-electron chi connectivity index (χ1n) is 9.14. The Bertz CT molecular complexity index is 752. The molecule has 1 N–H and O–H groups in total. The first kappa shape index (κ1) is 19.6. The Labute approximate surface area is 155 Å². The molecule has 0 fully saturated rings. The first-order chi connectivity index (χ1) is 12.5. The molecule has 0 radical (unpaired) electrons. The van der Waals surface area contributed by atoms with E-state index >= 15 is 0 Å². The van der Waals surface area contributed by atoms with Crippen molar-refractivity contribution in [3.63, 3.8) is 0 Å². The summed E-state index contributed by atoms with van der Waals surface area (Å²) in [7, 11) is 0. The Morgan fingerprint density at radius 3 is 2.46 bits per heavy atom. The molecule has 0 unspecified atom stereocenters. The fourth-order valence-electron chi connectivity index (χ4n) is 2.82. The maximum atomic E-state index is 12.7. The Hall–Kier alpha value is -2.69. The number of carbonyl (C=O) groups is 2. The molecule has 0 aliphatic carbocycles. The van der Waals surface area contributed by atoms with E-state index in [1.54, 1.807) is 12.1 Å². The lowest BCUT2D eigenvalue weighted by Crippen LogP contribution is -2.33. The third-order valence-corrected chi connectivity index (χ3v) is 4.05. The van der Waals surface area contributed by atoms with Crippen LogP contribution in [0.25, 0.3) is 0 Å². The van der Waals surface area contributed by atoms with E-state index in [1.807, 2.05) is 49.9 Å². The van der Waals surface area contributed by atoms with E-state index in [0.29, 0.717) is 25.2 Å². The van der Waals surface area contributed by atoms with E-state index in [9.17, 15) is 9.59 Å². The molecule has 0 aliphatic rings. The lowest BCUT2D eigenvalue weighted by molar-refractivity contribution is 0.0755. The minimum absolute atomic E-state index is 0.0520. The van der Waals surface area contributed by atoms with Gasteiger partial charge in [-0.1, -0.05) is 43.7 Å². The molecule has 2 aromatic rings. The summed E-state index contributed by atoms with van der Waals surface area (Å²) in [5.41, 5.74) is 2.94. The molecule has 5 nitrogen and oxygen atoms in total. The highest BCUT2D eigenvalue weighted by molar-refractivity contribution is 5.98. The number of pyridine rings is 1. The quantitative estimate of drug-likeness (QED) is 0.789. The highest BCUT2D eigenvalue weighted by Gasteiger charge is 2.16. The molecular formula is C21H27N3O2. The smallest absolute Gasteiger partial charge is 0.270 e. The van der Waals surface area contributed by atoms with Crippen LogP contribution in [0.4, 0.5) is 0 Å². The van der Waals surface area contributed by atoms with E-state index in [4.69, 9.17) is 0 Å². The maximum absolute atomic E-state index is 12.7. The minimum atomic E-state index is -0.279. The highest BCUT2D eigenvalue weighted by Crippen LogP contribution is 2.09. The van der Waals surface area contributed by atoms with Crippen molar-refractivity contribution in [3.05, 3.63) is 65.0 Å². The van der Waals surface area contributed by atoms with Gasteiger partial charge in [0.15, 0.2) is 0 Å². The van der Waals surface area contributed by atoms with Gasteiger partial charge in [0, 0.05) is 31.4 Å². The summed E-state index contributed by atoms with van der Waals surface area (Å²) < 4.78 is 0. The average molecular weight is 353 g/mol. The number of benzene rings is 1. The number of rotatable bonds is 8. The van der Waals surface area contributed by atoms with Crippen molar-refractivity contribution >= 4 is 11.8 Å². The van der Waals surface area contributed by atoms with Crippen molar-refractivity contribution < 1.29 is 9.59 Å². The molecule has 1 aromatic heterocycles. The third kappa shape index (κ3) is 5.41. The number of hydrogen-bond donors (Lipinski definition) is 1. The van der Waals surface area contributed by atoms with Crippen LogP contribution in [0.15, 0.2) is 42.6 Å². The van der Waals surface area contributed by atoms with Crippen LogP contribution in [0.1, 0.15) is 58.7 Å². The summed E-state index contributed by atoms with van der Waals surface area (Å²) in [6.45, 7) is 7.96. The molecule has 0 saturated heterocycles. The van der Waals surface area contributed by atoms with E-state index in [2.05, 4.69) is 10.3 Å². The molecule has 138 valence electrons. The molecule has 2 rings (SSSR count).